The molecule has 4 saturated carbocycles. The van der Waals surface area contributed by atoms with Gasteiger partial charge in [0.2, 0.25) is 0 Å². The van der Waals surface area contributed by atoms with Crippen LogP contribution in [-0.2, 0) is 18.5 Å². The standard InChI is InChI=1S/C32H42N2O4/c35-9-1-7-33-18-24-16-26(3-5-30(24)37-20-33)32(28-12-22-11-23(14-28)15-29(32)13-22)27-4-6-31-25(17-27)19-34(21-38-31)8-2-10-36/h3-6,16-17,22-23,28-29,35-36H,1-2,7-15,18-21H2. The Morgan fingerprint density at radius 2 is 1.16 bits per heavy atom. The lowest BCUT2D eigenvalue weighted by atomic mass is 9.42. The van der Waals surface area contributed by atoms with Gasteiger partial charge < -0.3 is 19.7 Å². The zero-order chi connectivity index (χ0) is 25.7. The zero-order valence-electron chi connectivity index (χ0n) is 22.5. The van der Waals surface area contributed by atoms with E-state index in [4.69, 9.17) is 9.47 Å². The predicted octanol–water partition coefficient (Wildman–Crippen LogP) is 4.50. The number of ether oxygens (including phenoxy) is 2. The topological polar surface area (TPSA) is 65.4 Å². The highest BCUT2D eigenvalue weighted by molar-refractivity contribution is 5.51. The molecule has 0 amide bonds. The molecule has 0 atom stereocenters. The van der Waals surface area contributed by atoms with Crippen LogP contribution in [0.2, 0.25) is 0 Å². The Kier molecular flexibility index (Phi) is 6.63. The number of benzene rings is 2. The largest absolute Gasteiger partial charge is 0.478 e. The van der Waals surface area contributed by atoms with Crippen molar-refractivity contribution in [3.8, 4) is 11.5 Å². The number of aliphatic hydroxyl groups excluding tert-OH is 2. The molecule has 38 heavy (non-hydrogen) atoms. The smallest absolute Gasteiger partial charge is 0.142 e. The van der Waals surface area contributed by atoms with Crippen LogP contribution in [0.25, 0.3) is 0 Å². The fourth-order valence-electron chi connectivity index (χ4n) is 9.01. The first-order valence-corrected chi connectivity index (χ1v) is 14.9. The summed E-state index contributed by atoms with van der Waals surface area (Å²) in [5.74, 6) is 5.20. The van der Waals surface area contributed by atoms with Gasteiger partial charge in [0, 0.05) is 55.9 Å². The van der Waals surface area contributed by atoms with Gasteiger partial charge >= 0.3 is 0 Å². The molecule has 2 N–H and O–H groups in total. The lowest BCUT2D eigenvalue weighted by Crippen LogP contribution is -2.56. The van der Waals surface area contributed by atoms with Gasteiger partial charge in [-0.05, 0) is 104 Å². The summed E-state index contributed by atoms with van der Waals surface area (Å²) in [4.78, 5) is 4.62. The van der Waals surface area contributed by atoms with Crippen molar-refractivity contribution < 1.29 is 19.7 Å². The van der Waals surface area contributed by atoms with E-state index in [9.17, 15) is 10.2 Å². The molecule has 4 fully saturated rings. The molecule has 2 aromatic rings. The highest BCUT2D eigenvalue weighted by atomic mass is 16.5. The van der Waals surface area contributed by atoms with Crippen molar-refractivity contribution >= 4 is 0 Å². The number of nitrogens with zero attached hydrogens (tertiary/aromatic N) is 2. The molecule has 4 bridgehead atoms. The van der Waals surface area contributed by atoms with Crippen molar-refractivity contribution in [2.45, 2.75) is 63.5 Å². The van der Waals surface area contributed by atoms with Crippen molar-refractivity contribution in [2.75, 3.05) is 39.8 Å². The van der Waals surface area contributed by atoms with Crippen molar-refractivity contribution in [1.29, 1.82) is 0 Å². The summed E-state index contributed by atoms with van der Waals surface area (Å²) in [7, 11) is 0. The first kappa shape index (κ1) is 24.9. The molecule has 0 radical (unpaired) electrons. The summed E-state index contributed by atoms with van der Waals surface area (Å²) in [5.41, 5.74) is 5.57. The Hall–Kier alpha value is -2.12. The minimum absolute atomic E-state index is 0.0399. The first-order chi connectivity index (χ1) is 18.7. The third-order valence-corrected chi connectivity index (χ3v) is 10.4. The zero-order valence-corrected chi connectivity index (χ0v) is 22.5. The fraction of sp³-hybridized carbons (Fsp3) is 0.625. The highest BCUT2D eigenvalue weighted by Crippen LogP contribution is 2.65. The van der Waals surface area contributed by atoms with Crippen LogP contribution in [0.15, 0.2) is 36.4 Å². The maximum absolute atomic E-state index is 9.34. The normalized spacial score (nSPS) is 29.4. The second kappa shape index (κ2) is 10.1. The van der Waals surface area contributed by atoms with E-state index in [1.54, 1.807) is 0 Å². The van der Waals surface area contributed by atoms with E-state index >= 15 is 0 Å². The van der Waals surface area contributed by atoms with Gasteiger partial charge in [0.1, 0.15) is 25.0 Å². The molecule has 0 saturated heterocycles. The molecular formula is C32H42N2O4. The van der Waals surface area contributed by atoms with Crippen molar-refractivity contribution in [3.63, 3.8) is 0 Å². The molecule has 2 aliphatic heterocycles. The van der Waals surface area contributed by atoms with E-state index in [0.717, 1.165) is 62.4 Å². The Bertz CT molecular complexity index is 1070. The predicted molar refractivity (Wildman–Crippen MR) is 146 cm³/mol. The van der Waals surface area contributed by atoms with Gasteiger partial charge in [-0.3, -0.25) is 9.80 Å². The minimum Gasteiger partial charge on any atom is -0.478 e. The van der Waals surface area contributed by atoms with Crippen LogP contribution < -0.4 is 9.47 Å². The van der Waals surface area contributed by atoms with Crippen LogP contribution in [-0.4, -0.2) is 59.8 Å². The van der Waals surface area contributed by atoms with Crippen LogP contribution in [0.4, 0.5) is 0 Å². The second-order valence-electron chi connectivity index (χ2n) is 12.6. The molecule has 4 aliphatic carbocycles. The van der Waals surface area contributed by atoms with Crippen LogP contribution in [0, 0.1) is 23.7 Å². The Balaban J connectivity index is 1.29. The lowest BCUT2D eigenvalue weighted by Gasteiger charge is -2.62. The maximum Gasteiger partial charge on any atom is 0.142 e. The maximum atomic E-state index is 9.34. The molecule has 6 aliphatic rings. The van der Waals surface area contributed by atoms with Crippen LogP contribution in [0.5, 0.6) is 11.5 Å². The molecule has 204 valence electrons. The Morgan fingerprint density at radius 3 is 1.61 bits per heavy atom. The molecule has 0 spiro atoms. The molecule has 2 heterocycles. The second-order valence-corrected chi connectivity index (χ2v) is 12.6. The average molecular weight is 519 g/mol. The van der Waals surface area contributed by atoms with E-state index in [1.807, 2.05) is 0 Å². The summed E-state index contributed by atoms with van der Waals surface area (Å²) in [6, 6.07) is 14.2. The van der Waals surface area contributed by atoms with E-state index < -0.39 is 0 Å². The van der Waals surface area contributed by atoms with Crippen LogP contribution in [0.3, 0.4) is 0 Å². The number of fused-ring (bicyclic) bond motifs is 2. The molecule has 6 heteroatoms. The quantitative estimate of drug-likeness (QED) is 0.537. The van der Waals surface area contributed by atoms with Crippen molar-refractivity contribution in [3.05, 3.63) is 58.7 Å². The highest BCUT2D eigenvalue weighted by Gasteiger charge is 2.58. The minimum atomic E-state index is 0.0399. The molecule has 6 nitrogen and oxygen atoms in total. The summed E-state index contributed by atoms with van der Waals surface area (Å²) in [5, 5.41) is 18.7. The summed E-state index contributed by atoms with van der Waals surface area (Å²) >= 11 is 0. The number of hydrogen-bond donors (Lipinski definition) is 2. The average Bonchev–Trinajstić information content (AvgIpc) is 2.94. The monoisotopic (exact) mass is 518 g/mol. The number of hydrogen-bond acceptors (Lipinski definition) is 6. The van der Waals surface area contributed by atoms with E-state index in [2.05, 4.69) is 46.2 Å². The summed E-state index contributed by atoms with van der Waals surface area (Å²) in [6.45, 7) is 5.13. The van der Waals surface area contributed by atoms with Gasteiger partial charge in [-0.2, -0.15) is 0 Å². The molecular weight excluding hydrogens is 476 g/mol. The van der Waals surface area contributed by atoms with Gasteiger partial charge in [-0.25, -0.2) is 0 Å². The summed E-state index contributed by atoms with van der Waals surface area (Å²) < 4.78 is 12.3. The van der Waals surface area contributed by atoms with Gasteiger partial charge in [0.15, 0.2) is 0 Å². The van der Waals surface area contributed by atoms with E-state index in [0.29, 0.717) is 25.3 Å². The lowest BCUT2D eigenvalue weighted by molar-refractivity contribution is -0.0420. The fourth-order valence-corrected chi connectivity index (χ4v) is 9.01. The third-order valence-electron chi connectivity index (χ3n) is 10.4. The Morgan fingerprint density at radius 1 is 0.684 bits per heavy atom. The van der Waals surface area contributed by atoms with Gasteiger partial charge in [0.25, 0.3) is 0 Å². The SMILES string of the molecule is OCCCN1COc2ccc(C3(c4ccc5c(c4)CN(CCCO)CO5)C4CC5CC(C4)CC3C5)cc2C1. The van der Waals surface area contributed by atoms with Crippen LogP contribution in [0.1, 0.15) is 67.2 Å². The van der Waals surface area contributed by atoms with E-state index in [-0.39, 0.29) is 18.6 Å². The Labute approximate surface area is 226 Å². The van der Waals surface area contributed by atoms with Crippen LogP contribution >= 0.6 is 0 Å². The van der Waals surface area contributed by atoms with Crippen molar-refractivity contribution in [1.82, 2.24) is 9.80 Å². The third kappa shape index (κ3) is 4.16. The molecule has 2 aromatic carbocycles. The number of aliphatic hydroxyl groups is 2. The van der Waals surface area contributed by atoms with Gasteiger partial charge in [-0.1, -0.05) is 12.1 Å². The van der Waals surface area contributed by atoms with E-state index in [1.165, 1.54) is 54.4 Å². The summed E-state index contributed by atoms with van der Waals surface area (Å²) in [6.07, 6.45) is 8.39. The number of rotatable bonds is 8. The molecule has 0 unspecified atom stereocenters. The first-order valence-electron chi connectivity index (χ1n) is 14.9. The van der Waals surface area contributed by atoms with Gasteiger partial charge in [0.05, 0.1) is 0 Å². The van der Waals surface area contributed by atoms with Gasteiger partial charge in [-0.15, -0.1) is 0 Å². The van der Waals surface area contributed by atoms with Crippen molar-refractivity contribution in [2.24, 2.45) is 23.7 Å². The molecule has 0 aromatic heterocycles. The molecule has 8 rings (SSSR count).